The van der Waals surface area contributed by atoms with Crippen molar-refractivity contribution in [3.63, 3.8) is 0 Å². The predicted molar refractivity (Wildman–Crippen MR) is 126 cm³/mol. The molecule has 2 aliphatic carbocycles. The average Bonchev–Trinajstić information content (AvgIpc) is 2.50. The molecule has 1 atom stereocenters. The van der Waals surface area contributed by atoms with E-state index >= 15 is 0 Å². The van der Waals surface area contributed by atoms with E-state index in [1.807, 2.05) is 6.08 Å². The van der Waals surface area contributed by atoms with Gasteiger partial charge in [-0.3, -0.25) is 0 Å². The van der Waals surface area contributed by atoms with Crippen LogP contribution in [0.2, 0.25) is 0 Å². The van der Waals surface area contributed by atoms with Crippen LogP contribution in [-0.4, -0.2) is 0 Å². The lowest BCUT2D eigenvalue weighted by Gasteiger charge is -2.20. The quantitative estimate of drug-likeness (QED) is 0.328. The number of rotatable bonds is 6. The Hall–Kier alpha value is -1.82. The highest BCUT2D eigenvalue weighted by Gasteiger charge is 2.13. The minimum absolute atomic E-state index is 0. The molecule has 0 heterocycles. The lowest BCUT2D eigenvalue weighted by Crippen LogP contribution is -2.04. The number of allylic oxidation sites excluding steroid dienone is 13. The van der Waals surface area contributed by atoms with Gasteiger partial charge in [-0.1, -0.05) is 109 Å². The summed E-state index contributed by atoms with van der Waals surface area (Å²) in [6.07, 6.45) is 26.1. The monoisotopic (exact) mass is 356 g/mol. The van der Waals surface area contributed by atoms with Crippen molar-refractivity contribution in [2.45, 2.75) is 75.7 Å². The lowest BCUT2D eigenvalue weighted by atomic mass is 9.85. The average molecular weight is 357 g/mol. The van der Waals surface area contributed by atoms with Gasteiger partial charge in [0.15, 0.2) is 0 Å². The predicted octanol–water partition coefficient (Wildman–Crippen LogP) is 9.17. The summed E-state index contributed by atoms with van der Waals surface area (Å²) < 4.78 is 0. The Kier molecular flexibility index (Phi) is 17.2. The van der Waals surface area contributed by atoms with Crippen molar-refractivity contribution in [3.8, 4) is 0 Å². The van der Waals surface area contributed by atoms with Crippen LogP contribution in [0.25, 0.3) is 0 Å². The van der Waals surface area contributed by atoms with Crippen LogP contribution in [0.3, 0.4) is 0 Å². The summed E-state index contributed by atoms with van der Waals surface area (Å²) >= 11 is 0. The zero-order chi connectivity index (χ0) is 15.8. The van der Waals surface area contributed by atoms with Gasteiger partial charge in [-0.05, 0) is 56.1 Å². The Bertz CT molecular complexity index is 567. The smallest absolute Gasteiger partial charge is 0.000697 e. The van der Waals surface area contributed by atoms with Crippen LogP contribution in [-0.2, 0) is 0 Å². The SMILES string of the molecule is C.C.C.C.C=C\C=C(/C=C\C=C(/C)CC)C1=CC(C=C2CCC2)CC=C1. The summed E-state index contributed by atoms with van der Waals surface area (Å²) in [6, 6.07) is 0. The first-order valence-electron chi connectivity index (χ1n) is 8.47. The van der Waals surface area contributed by atoms with Crippen LogP contribution < -0.4 is 0 Å². The molecule has 0 nitrogen and oxygen atoms in total. The van der Waals surface area contributed by atoms with E-state index in [1.54, 1.807) is 5.57 Å². The fraction of sp³-hybridized carbons (Fsp3) is 0.462. The van der Waals surface area contributed by atoms with E-state index in [4.69, 9.17) is 0 Å². The molecule has 0 radical (unpaired) electrons. The third-order valence-corrected chi connectivity index (χ3v) is 4.39. The van der Waals surface area contributed by atoms with Gasteiger partial charge >= 0.3 is 0 Å². The van der Waals surface area contributed by atoms with Crippen molar-refractivity contribution < 1.29 is 0 Å². The Balaban J connectivity index is -0.00000132. The van der Waals surface area contributed by atoms with Crippen molar-refractivity contribution in [2.24, 2.45) is 5.92 Å². The van der Waals surface area contributed by atoms with Crippen LogP contribution in [0.5, 0.6) is 0 Å². The van der Waals surface area contributed by atoms with Crippen LogP contribution in [0.15, 0.2) is 83.6 Å². The highest BCUT2D eigenvalue weighted by molar-refractivity contribution is 5.50. The molecule has 0 aliphatic heterocycles. The van der Waals surface area contributed by atoms with Gasteiger partial charge in [-0.25, -0.2) is 0 Å². The molecule has 1 fully saturated rings. The maximum Gasteiger partial charge on any atom is -0.000697 e. The molecule has 0 heteroatoms. The van der Waals surface area contributed by atoms with Gasteiger partial charge in [0.25, 0.3) is 0 Å². The molecule has 0 aromatic carbocycles. The van der Waals surface area contributed by atoms with Crippen molar-refractivity contribution >= 4 is 0 Å². The van der Waals surface area contributed by atoms with Gasteiger partial charge in [0.1, 0.15) is 0 Å². The zero-order valence-corrected chi connectivity index (χ0v) is 14.0. The summed E-state index contributed by atoms with van der Waals surface area (Å²) in [5.41, 5.74) is 5.59. The van der Waals surface area contributed by atoms with E-state index in [-0.39, 0.29) is 29.7 Å². The standard InChI is InChI=1S/C22H28.4CH4/c1-4-9-21(14-6-10-18(3)5-2)22-15-8-13-20(17-22)16-19-11-7-12-19;;;;/h4,6,8-10,14-17,20H,1,5,7,11-13H2,2-3H3;4*1H4/b14-6-,18-10+,21-9+;;;;. The molecule has 0 spiro atoms. The molecule has 0 amide bonds. The molecule has 0 saturated heterocycles. The minimum atomic E-state index is 0. The van der Waals surface area contributed by atoms with Crippen molar-refractivity contribution in [1.82, 2.24) is 0 Å². The molecule has 148 valence electrons. The Morgan fingerprint density at radius 1 is 1.15 bits per heavy atom. The van der Waals surface area contributed by atoms with E-state index < -0.39 is 0 Å². The largest absolute Gasteiger partial charge is 0.0990 e. The van der Waals surface area contributed by atoms with Crippen LogP contribution >= 0.6 is 0 Å². The van der Waals surface area contributed by atoms with Crippen LogP contribution in [0, 0.1) is 5.92 Å². The second kappa shape index (κ2) is 15.4. The van der Waals surface area contributed by atoms with Crippen molar-refractivity contribution in [2.75, 3.05) is 0 Å². The molecule has 1 unspecified atom stereocenters. The first kappa shape index (κ1) is 29.0. The maximum atomic E-state index is 3.86. The molecule has 2 rings (SSSR count). The van der Waals surface area contributed by atoms with E-state index in [0.717, 1.165) is 12.8 Å². The topological polar surface area (TPSA) is 0 Å². The second-order valence-electron chi connectivity index (χ2n) is 6.19. The normalized spacial score (nSPS) is 19.1. The van der Waals surface area contributed by atoms with Gasteiger partial charge in [-0.15, -0.1) is 0 Å². The molecule has 0 bridgehead atoms. The number of hydrogen-bond donors (Lipinski definition) is 0. The van der Waals surface area contributed by atoms with Crippen molar-refractivity contribution in [1.29, 1.82) is 0 Å². The fourth-order valence-electron chi connectivity index (χ4n) is 2.67. The van der Waals surface area contributed by atoms with E-state index in [1.165, 1.54) is 36.0 Å². The molecule has 0 aromatic rings. The Labute approximate surface area is 165 Å². The summed E-state index contributed by atoms with van der Waals surface area (Å²) in [7, 11) is 0. The van der Waals surface area contributed by atoms with Crippen molar-refractivity contribution in [3.05, 3.63) is 83.6 Å². The van der Waals surface area contributed by atoms with E-state index in [9.17, 15) is 0 Å². The summed E-state index contributed by atoms with van der Waals surface area (Å²) in [5, 5.41) is 0. The van der Waals surface area contributed by atoms with Gasteiger partial charge in [0, 0.05) is 0 Å². The minimum Gasteiger partial charge on any atom is -0.0990 e. The molecular weight excluding hydrogens is 312 g/mol. The zero-order valence-electron chi connectivity index (χ0n) is 14.0. The third kappa shape index (κ3) is 9.04. The van der Waals surface area contributed by atoms with Gasteiger partial charge in [-0.2, -0.15) is 0 Å². The Morgan fingerprint density at radius 2 is 1.85 bits per heavy atom. The summed E-state index contributed by atoms with van der Waals surface area (Å²) in [5.74, 6) is 0.560. The summed E-state index contributed by atoms with van der Waals surface area (Å²) in [4.78, 5) is 0. The first-order valence-corrected chi connectivity index (χ1v) is 8.47. The number of hydrogen-bond acceptors (Lipinski definition) is 0. The summed E-state index contributed by atoms with van der Waals surface area (Å²) in [6.45, 7) is 8.21. The van der Waals surface area contributed by atoms with Crippen LogP contribution in [0.1, 0.15) is 75.7 Å². The molecule has 2 aliphatic rings. The molecular formula is C26H44. The highest BCUT2D eigenvalue weighted by atomic mass is 14.2. The molecule has 0 aromatic heterocycles. The first-order chi connectivity index (χ1) is 10.7. The molecule has 26 heavy (non-hydrogen) atoms. The van der Waals surface area contributed by atoms with Crippen LogP contribution in [0.4, 0.5) is 0 Å². The van der Waals surface area contributed by atoms with E-state index in [0.29, 0.717) is 5.92 Å². The second-order valence-corrected chi connectivity index (χ2v) is 6.19. The lowest BCUT2D eigenvalue weighted by molar-refractivity contribution is 0.642. The van der Waals surface area contributed by atoms with Gasteiger partial charge < -0.3 is 0 Å². The third-order valence-electron chi connectivity index (χ3n) is 4.39. The maximum absolute atomic E-state index is 3.86. The molecule has 0 N–H and O–H groups in total. The highest BCUT2D eigenvalue weighted by Crippen LogP contribution is 2.30. The molecule has 1 saturated carbocycles. The van der Waals surface area contributed by atoms with E-state index in [2.05, 4.69) is 69.0 Å². The van der Waals surface area contributed by atoms with Gasteiger partial charge in [0.05, 0.1) is 0 Å². The fourth-order valence-corrected chi connectivity index (χ4v) is 2.67. The van der Waals surface area contributed by atoms with Gasteiger partial charge in [0.2, 0.25) is 0 Å². The Morgan fingerprint density at radius 3 is 2.38 bits per heavy atom.